The summed E-state index contributed by atoms with van der Waals surface area (Å²) in [7, 11) is 0. The molecule has 1 aliphatic heterocycles. The maximum absolute atomic E-state index is 5.22. The van der Waals surface area contributed by atoms with Gasteiger partial charge in [0, 0.05) is 28.4 Å². The van der Waals surface area contributed by atoms with Crippen LogP contribution >= 0.6 is 0 Å². The van der Waals surface area contributed by atoms with Gasteiger partial charge in [0.25, 0.3) is 0 Å². The second kappa shape index (κ2) is 9.49. The molecule has 2 heterocycles. The number of aromatic nitrogens is 2. The van der Waals surface area contributed by atoms with Crippen molar-refractivity contribution in [3.8, 4) is 33.8 Å². The minimum atomic E-state index is -0.0375. The fourth-order valence-corrected chi connectivity index (χ4v) is 5.42. The van der Waals surface area contributed by atoms with E-state index in [1.807, 2.05) is 24.3 Å². The van der Waals surface area contributed by atoms with E-state index in [0.29, 0.717) is 5.82 Å². The zero-order chi connectivity index (χ0) is 25.3. The first-order chi connectivity index (χ1) is 18.9. The van der Waals surface area contributed by atoms with Gasteiger partial charge in [-0.1, -0.05) is 139 Å². The summed E-state index contributed by atoms with van der Waals surface area (Å²) in [6, 6.07) is 50.8. The van der Waals surface area contributed by atoms with Gasteiger partial charge in [0.15, 0.2) is 5.82 Å². The molecule has 0 radical (unpaired) electrons. The van der Waals surface area contributed by atoms with Crippen LogP contribution in [0.5, 0.6) is 0 Å². The normalized spacial score (nSPS) is 12.1. The average molecular weight is 485 g/mol. The molecule has 3 nitrogen and oxygen atoms in total. The monoisotopic (exact) mass is 485 g/mol. The molecule has 0 fully saturated rings. The van der Waals surface area contributed by atoms with E-state index >= 15 is 0 Å². The van der Waals surface area contributed by atoms with Crippen molar-refractivity contribution in [2.45, 2.75) is 0 Å². The highest BCUT2D eigenvalue weighted by Crippen LogP contribution is 2.40. The summed E-state index contributed by atoms with van der Waals surface area (Å²) in [5, 5.41) is 0. The van der Waals surface area contributed by atoms with Crippen molar-refractivity contribution < 1.29 is 0 Å². The molecule has 0 aliphatic carbocycles. The number of hydrogen-bond donors (Lipinski definition) is 0. The van der Waals surface area contributed by atoms with Gasteiger partial charge in [0.05, 0.1) is 5.69 Å². The summed E-state index contributed by atoms with van der Waals surface area (Å²) in [5.74, 6) is 1.58. The summed E-state index contributed by atoms with van der Waals surface area (Å²) in [4.78, 5) is 12.6. The largest absolute Gasteiger partial charge is 0.361 e. The lowest BCUT2D eigenvalue weighted by atomic mass is 9.46. The van der Waals surface area contributed by atoms with E-state index in [-0.39, 0.29) is 6.85 Å². The van der Waals surface area contributed by atoms with Crippen molar-refractivity contribution in [1.29, 1.82) is 0 Å². The van der Waals surface area contributed by atoms with Gasteiger partial charge in [-0.05, 0) is 17.1 Å². The van der Waals surface area contributed by atoms with Crippen LogP contribution in [0, 0.1) is 0 Å². The van der Waals surface area contributed by atoms with Crippen LogP contribution in [-0.2, 0) is 0 Å². The zero-order valence-corrected chi connectivity index (χ0v) is 20.8. The molecular weight excluding hydrogens is 461 g/mol. The number of rotatable bonds is 4. The molecule has 4 heteroatoms. The van der Waals surface area contributed by atoms with Crippen molar-refractivity contribution in [1.82, 2.24) is 9.97 Å². The van der Waals surface area contributed by atoms with Gasteiger partial charge in [0.2, 0.25) is 0 Å². The molecule has 0 unspecified atom stereocenters. The third-order valence-electron chi connectivity index (χ3n) is 7.14. The third kappa shape index (κ3) is 3.87. The molecule has 0 amide bonds. The van der Waals surface area contributed by atoms with Crippen LogP contribution in [0.15, 0.2) is 146 Å². The van der Waals surface area contributed by atoms with E-state index < -0.39 is 0 Å². The Kier molecular flexibility index (Phi) is 5.56. The Morgan fingerprint density at radius 3 is 1.82 bits per heavy atom. The summed E-state index contributed by atoms with van der Waals surface area (Å²) in [6.07, 6.45) is 0. The van der Waals surface area contributed by atoms with Crippen LogP contribution in [-0.4, -0.2) is 16.8 Å². The highest BCUT2D eigenvalue weighted by molar-refractivity contribution is 6.90. The predicted octanol–water partition coefficient (Wildman–Crippen LogP) is 6.74. The van der Waals surface area contributed by atoms with E-state index in [4.69, 9.17) is 9.97 Å². The van der Waals surface area contributed by atoms with E-state index in [0.717, 1.165) is 28.3 Å². The molecule has 1 aromatic heterocycles. The van der Waals surface area contributed by atoms with Crippen LogP contribution in [0.3, 0.4) is 0 Å². The van der Waals surface area contributed by atoms with E-state index in [1.165, 1.54) is 22.1 Å². The van der Waals surface area contributed by atoms with Gasteiger partial charge in [0.1, 0.15) is 5.82 Å². The Hall–Kier alpha value is -4.96. The fourth-order valence-electron chi connectivity index (χ4n) is 5.42. The quantitative estimate of drug-likeness (QED) is 0.259. The Bertz CT molecular complexity index is 1660. The van der Waals surface area contributed by atoms with Gasteiger partial charge >= 0.3 is 6.85 Å². The number of nitrogens with zero attached hydrogens (tertiary/aromatic N) is 3. The number of fused-ring (bicyclic) bond motifs is 3. The molecule has 0 atom stereocenters. The van der Waals surface area contributed by atoms with E-state index in [2.05, 4.69) is 126 Å². The zero-order valence-electron chi connectivity index (χ0n) is 20.8. The first-order valence-corrected chi connectivity index (χ1v) is 12.9. The molecule has 0 saturated heterocycles. The van der Waals surface area contributed by atoms with Crippen molar-refractivity contribution in [2.75, 3.05) is 4.81 Å². The Morgan fingerprint density at radius 2 is 1.08 bits per heavy atom. The first kappa shape index (κ1) is 22.3. The number of para-hydroxylation sites is 1. The predicted molar refractivity (Wildman–Crippen MR) is 158 cm³/mol. The standard InChI is InChI=1S/C34H24BN3/c1-4-14-25(15-5-1)31-24-33(37-34(36-31)26-16-6-2-7-17-26)38-32-23-13-11-21-29(32)28-20-10-12-22-30(28)35(38)27-18-8-3-9-19-27/h1-24H. The number of anilines is 2. The summed E-state index contributed by atoms with van der Waals surface area (Å²) >= 11 is 0. The van der Waals surface area contributed by atoms with E-state index in [9.17, 15) is 0 Å². The lowest BCUT2D eigenvalue weighted by Crippen LogP contribution is -2.57. The topological polar surface area (TPSA) is 29.0 Å². The molecule has 7 rings (SSSR count). The van der Waals surface area contributed by atoms with Crippen LogP contribution < -0.4 is 15.7 Å². The molecule has 1 aliphatic rings. The van der Waals surface area contributed by atoms with Crippen molar-refractivity contribution in [2.24, 2.45) is 0 Å². The highest BCUT2D eigenvalue weighted by atomic mass is 15.2. The minimum absolute atomic E-state index is 0.0375. The highest BCUT2D eigenvalue weighted by Gasteiger charge is 2.37. The Balaban J connectivity index is 1.52. The lowest BCUT2D eigenvalue weighted by Gasteiger charge is -2.38. The van der Waals surface area contributed by atoms with E-state index in [1.54, 1.807) is 0 Å². The van der Waals surface area contributed by atoms with Crippen molar-refractivity contribution >= 4 is 29.3 Å². The number of hydrogen-bond acceptors (Lipinski definition) is 3. The second-order valence-electron chi connectivity index (χ2n) is 9.45. The minimum Gasteiger partial charge on any atom is -0.361 e. The summed E-state index contributed by atoms with van der Waals surface area (Å²) < 4.78 is 0. The summed E-state index contributed by atoms with van der Waals surface area (Å²) in [6.45, 7) is -0.0375. The maximum atomic E-state index is 5.22. The van der Waals surface area contributed by atoms with Gasteiger partial charge in [-0.3, -0.25) is 0 Å². The maximum Gasteiger partial charge on any atom is 0.330 e. The van der Waals surface area contributed by atoms with Crippen LogP contribution in [0.1, 0.15) is 0 Å². The average Bonchev–Trinajstić information content (AvgIpc) is 3.01. The summed E-state index contributed by atoms with van der Waals surface area (Å²) in [5.41, 5.74) is 9.04. The lowest BCUT2D eigenvalue weighted by molar-refractivity contribution is 1.15. The fraction of sp³-hybridized carbons (Fsp3) is 0. The van der Waals surface area contributed by atoms with Gasteiger partial charge in [-0.25, -0.2) is 9.97 Å². The van der Waals surface area contributed by atoms with Crippen molar-refractivity contribution in [3.63, 3.8) is 0 Å². The molecule has 0 N–H and O–H groups in total. The molecular formula is C34H24BN3. The van der Waals surface area contributed by atoms with Crippen LogP contribution in [0.25, 0.3) is 33.8 Å². The molecule has 0 saturated carbocycles. The van der Waals surface area contributed by atoms with Gasteiger partial charge in [-0.2, -0.15) is 0 Å². The second-order valence-corrected chi connectivity index (χ2v) is 9.45. The van der Waals surface area contributed by atoms with Gasteiger partial charge in [-0.15, -0.1) is 0 Å². The Morgan fingerprint density at radius 1 is 0.500 bits per heavy atom. The molecule has 6 aromatic rings. The van der Waals surface area contributed by atoms with Crippen LogP contribution in [0.2, 0.25) is 0 Å². The first-order valence-electron chi connectivity index (χ1n) is 12.9. The molecule has 0 bridgehead atoms. The van der Waals surface area contributed by atoms with Crippen molar-refractivity contribution in [3.05, 3.63) is 146 Å². The molecule has 0 spiro atoms. The number of benzene rings is 5. The molecule has 5 aromatic carbocycles. The third-order valence-corrected chi connectivity index (χ3v) is 7.14. The smallest absolute Gasteiger partial charge is 0.330 e. The molecule has 178 valence electrons. The van der Waals surface area contributed by atoms with Gasteiger partial charge < -0.3 is 4.81 Å². The molecule has 38 heavy (non-hydrogen) atoms. The van der Waals surface area contributed by atoms with Crippen LogP contribution in [0.4, 0.5) is 11.5 Å². The SMILES string of the molecule is c1ccc(B2c3ccccc3-c3ccccc3N2c2cc(-c3ccccc3)nc(-c3ccccc3)n2)cc1. The Labute approximate surface area is 223 Å².